The second-order valence-corrected chi connectivity index (χ2v) is 5.70. The van der Waals surface area contributed by atoms with E-state index in [9.17, 15) is 14.4 Å². The minimum absolute atomic E-state index is 0.216. The predicted octanol–water partition coefficient (Wildman–Crippen LogP) is 3.25. The smallest absolute Gasteiger partial charge is 0.338 e. The van der Waals surface area contributed by atoms with E-state index in [1.165, 1.54) is 45.0 Å². The lowest BCUT2D eigenvalue weighted by Crippen LogP contribution is -2.37. The van der Waals surface area contributed by atoms with Gasteiger partial charge in [0.25, 0.3) is 0 Å². The maximum absolute atomic E-state index is 12.4. The van der Waals surface area contributed by atoms with Gasteiger partial charge in [0.05, 0.1) is 0 Å². The first kappa shape index (κ1) is 18.4. The molecule has 0 aliphatic heterocycles. The monoisotopic (exact) mass is 316 g/mol. The van der Waals surface area contributed by atoms with Crippen molar-refractivity contribution in [2.24, 2.45) is 0 Å². The van der Waals surface area contributed by atoms with Crippen molar-refractivity contribution >= 4 is 17.7 Å². The molecule has 0 aliphatic rings. The Kier molecular flexibility index (Phi) is 5.62. The van der Waals surface area contributed by atoms with E-state index in [0.717, 1.165) is 0 Å². The van der Waals surface area contributed by atoms with Gasteiger partial charge in [0, 0.05) is 16.7 Å². The van der Waals surface area contributed by atoms with Crippen LogP contribution in [-0.4, -0.2) is 23.3 Å². The van der Waals surface area contributed by atoms with Crippen LogP contribution in [0, 0.1) is 0 Å². The second kappa shape index (κ2) is 7.05. The molecule has 0 amide bonds. The molecule has 0 aromatic heterocycles. The Morgan fingerprint density at radius 2 is 1.39 bits per heavy atom. The molecule has 1 aromatic carbocycles. The van der Waals surface area contributed by atoms with Crippen LogP contribution < -0.4 is 4.74 Å². The van der Waals surface area contributed by atoms with Gasteiger partial charge in [0.2, 0.25) is 5.78 Å². The van der Waals surface area contributed by atoms with Crippen molar-refractivity contribution in [1.29, 1.82) is 0 Å². The summed E-state index contributed by atoms with van der Waals surface area (Å²) in [6.45, 7) is 13.0. The van der Waals surface area contributed by atoms with Crippen LogP contribution in [0.25, 0.3) is 0 Å². The summed E-state index contributed by atoms with van der Waals surface area (Å²) in [6, 6.07) is 5.98. The molecule has 0 spiro atoms. The first-order valence-corrected chi connectivity index (χ1v) is 6.96. The number of hydrogen-bond donors (Lipinski definition) is 0. The third-order valence-electron chi connectivity index (χ3n) is 2.92. The van der Waals surface area contributed by atoms with Crippen LogP contribution >= 0.6 is 0 Å². The normalized spacial score (nSPS) is 10.6. The van der Waals surface area contributed by atoms with Gasteiger partial charge in [-0.3, -0.25) is 4.79 Å². The molecule has 0 saturated heterocycles. The number of esters is 2. The highest BCUT2D eigenvalue weighted by molar-refractivity contribution is 6.04. The molecule has 0 saturated carbocycles. The molecule has 23 heavy (non-hydrogen) atoms. The number of hydrogen-bond acceptors (Lipinski definition) is 5. The van der Waals surface area contributed by atoms with E-state index in [1.54, 1.807) is 6.92 Å². The number of carbonyl (C=O) groups excluding carboxylic acids is 3. The average Bonchev–Trinajstić information content (AvgIpc) is 2.46. The molecular formula is C18H20O5. The van der Waals surface area contributed by atoms with Gasteiger partial charge in [-0.1, -0.05) is 13.2 Å². The van der Waals surface area contributed by atoms with Crippen LogP contribution in [0.3, 0.4) is 0 Å². The summed E-state index contributed by atoms with van der Waals surface area (Å²) in [4.78, 5) is 35.5. The lowest BCUT2D eigenvalue weighted by atomic mass is 9.96. The van der Waals surface area contributed by atoms with E-state index in [1.807, 2.05) is 0 Å². The molecule has 1 aromatic rings. The Bertz CT molecular complexity index is 665. The molecule has 0 fully saturated rings. The lowest BCUT2D eigenvalue weighted by Gasteiger charge is -2.23. The number of carbonyl (C=O) groups is 3. The highest BCUT2D eigenvalue weighted by Gasteiger charge is 2.33. The molecule has 122 valence electrons. The first-order chi connectivity index (χ1) is 10.5. The van der Waals surface area contributed by atoms with Crippen LogP contribution in [-0.2, 0) is 14.3 Å². The maximum atomic E-state index is 12.4. The minimum Gasteiger partial charge on any atom is -0.448 e. The van der Waals surface area contributed by atoms with Crippen LogP contribution in [0.15, 0.2) is 48.6 Å². The third-order valence-corrected chi connectivity index (χ3v) is 2.92. The number of ether oxygens (including phenoxy) is 2. The predicted molar refractivity (Wildman–Crippen MR) is 86.2 cm³/mol. The van der Waals surface area contributed by atoms with Crippen LogP contribution in [0.1, 0.15) is 38.1 Å². The van der Waals surface area contributed by atoms with E-state index in [-0.39, 0.29) is 16.9 Å². The molecule has 0 atom stereocenters. The molecule has 0 aliphatic carbocycles. The minimum atomic E-state index is -1.33. The molecule has 1 rings (SSSR count). The fourth-order valence-corrected chi connectivity index (χ4v) is 1.58. The quantitative estimate of drug-likeness (QED) is 0.349. The molecule has 5 heteroatoms. The van der Waals surface area contributed by atoms with Crippen molar-refractivity contribution in [3.05, 3.63) is 54.1 Å². The molecule has 0 heterocycles. The zero-order valence-electron chi connectivity index (χ0n) is 13.8. The summed E-state index contributed by atoms with van der Waals surface area (Å²) >= 11 is 0. The SMILES string of the molecule is C=C(C)C(=O)Oc1ccc(C(=O)C(C)(C)OC(=O)C(=C)C)cc1. The standard InChI is InChI=1S/C18H20O5/c1-11(2)16(20)22-14-9-7-13(8-10-14)15(19)18(5,6)23-17(21)12(3)4/h7-10H,1,3H2,2,4-6H3. The van der Waals surface area contributed by atoms with Gasteiger partial charge >= 0.3 is 11.9 Å². The van der Waals surface area contributed by atoms with Gasteiger partial charge in [-0.2, -0.15) is 0 Å². The molecule has 0 bridgehead atoms. The zero-order chi connectivity index (χ0) is 17.8. The van der Waals surface area contributed by atoms with Gasteiger partial charge < -0.3 is 9.47 Å². The van der Waals surface area contributed by atoms with Gasteiger partial charge in [-0.15, -0.1) is 0 Å². The van der Waals surface area contributed by atoms with Gasteiger partial charge in [0.15, 0.2) is 5.60 Å². The summed E-state index contributed by atoms with van der Waals surface area (Å²) in [5.74, 6) is -1.24. The highest BCUT2D eigenvalue weighted by atomic mass is 16.6. The number of benzene rings is 1. The van der Waals surface area contributed by atoms with Crippen molar-refractivity contribution < 1.29 is 23.9 Å². The van der Waals surface area contributed by atoms with E-state index in [2.05, 4.69) is 13.2 Å². The Morgan fingerprint density at radius 1 is 0.913 bits per heavy atom. The Morgan fingerprint density at radius 3 is 1.83 bits per heavy atom. The van der Waals surface area contributed by atoms with Crippen LogP contribution in [0.2, 0.25) is 0 Å². The van der Waals surface area contributed by atoms with Crippen LogP contribution in [0.4, 0.5) is 0 Å². The van der Waals surface area contributed by atoms with Crippen molar-refractivity contribution in [3.8, 4) is 5.75 Å². The highest BCUT2D eigenvalue weighted by Crippen LogP contribution is 2.21. The van der Waals surface area contributed by atoms with E-state index >= 15 is 0 Å². The topological polar surface area (TPSA) is 69.7 Å². The summed E-state index contributed by atoms with van der Waals surface area (Å²) in [7, 11) is 0. The molecule has 0 unspecified atom stereocenters. The summed E-state index contributed by atoms with van der Waals surface area (Å²) < 4.78 is 10.2. The lowest BCUT2D eigenvalue weighted by molar-refractivity contribution is -0.147. The number of Topliss-reactive ketones (excluding diaryl/α,β-unsaturated/α-hetero) is 1. The van der Waals surface area contributed by atoms with E-state index in [4.69, 9.17) is 9.47 Å². The Hall–Kier alpha value is -2.69. The molecule has 0 N–H and O–H groups in total. The summed E-state index contributed by atoms with van der Waals surface area (Å²) in [5, 5.41) is 0. The number of rotatable bonds is 6. The summed E-state index contributed by atoms with van der Waals surface area (Å²) in [6.07, 6.45) is 0. The average molecular weight is 316 g/mol. The van der Waals surface area contributed by atoms with E-state index < -0.39 is 17.5 Å². The third kappa shape index (κ3) is 4.92. The van der Waals surface area contributed by atoms with Gasteiger partial charge in [0.1, 0.15) is 5.75 Å². The molecule has 5 nitrogen and oxygen atoms in total. The van der Waals surface area contributed by atoms with Gasteiger partial charge in [-0.25, -0.2) is 9.59 Å². The van der Waals surface area contributed by atoms with E-state index in [0.29, 0.717) is 11.3 Å². The molecular weight excluding hydrogens is 296 g/mol. The fraction of sp³-hybridized carbons (Fsp3) is 0.278. The maximum Gasteiger partial charge on any atom is 0.338 e. The largest absolute Gasteiger partial charge is 0.448 e. The van der Waals surface area contributed by atoms with Crippen molar-refractivity contribution in [3.63, 3.8) is 0 Å². The summed E-state index contributed by atoms with van der Waals surface area (Å²) in [5.41, 5.74) is -0.503. The second-order valence-electron chi connectivity index (χ2n) is 5.70. The zero-order valence-corrected chi connectivity index (χ0v) is 13.8. The Labute approximate surface area is 135 Å². The van der Waals surface area contributed by atoms with Gasteiger partial charge in [-0.05, 0) is 52.0 Å². The van der Waals surface area contributed by atoms with Crippen molar-refractivity contribution in [2.45, 2.75) is 33.3 Å². The first-order valence-electron chi connectivity index (χ1n) is 6.96. The fourth-order valence-electron chi connectivity index (χ4n) is 1.58. The molecule has 0 radical (unpaired) electrons. The Balaban J connectivity index is 2.88. The van der Waals surface area contributed by atoms with Crippen molar-refractivity contribution in [1.82, 2.24) is 0 Å². The van der Waals surface area contributed by atoms with Crippen LogP contribution in [0.5, 0.6) is 5.75 Å². The van der Waals surface area contributed by atoms with Crippen molar-refractivity contribution in [2.75, 3.05) is 0 Å². The number of ketones is 1.